The molecular weight excluding hydrogens is 310 g/mol. The number of thiazole rings is 1. The molecule has 1 N–H and O–H groups in total. The highest BCUT2D eigenvalue weighted by molar-refractivity contribution is 7.09. The number of aromatic nitrogens is 1. The number of carbonyl (C=O) groups is 2. The second kappa shape index (κ2) is 7.37. The van der Waals surface area contributed by atoms with E-state index in [0.29, 0.717) is 25.8 Å². The third-order valence-electron chi connectivity index (χ3n) is 3.89. The van der Waals surface area contributed by atoms with Gasteiger partial charge in [0.1, 0.15) is 6.04 Å². The highest BCUT2D eigenvalue weighted by Crippen LogP contribution is 2.20. The molecule has 1 saturated heterocycles. The Bertz CT molecular complexity index is 658. The molecule has 0 saturated carbocycles. The minimum atomic E-state index is -0.423. The lowest BCUT2D eigenvalue weighted by atomic mass is 10.0. The molecule has 23 heavy (non-hydrogen) atoms. The van der Waals surface area contributed by atoms with Gasteiger partial charge in [0.25, 0.3) is 0 Å². The number of carbonyl (C=O) groups excluding carboxylic acids is 2. The molecule has 1 fully saturated rings. The Morgan fingerprint density at radius 2 is 2.17 bits per heavy atom. The van der Waals surface area contributed by atoms with E-state index < -0.39 is 6.04 Å². The summed E-state index contributed by atoms with van der Waals surface area (Å²) in [6.45, 7) is 0.703. The first-order valence-corrected chi connectivity index (χ1v) is 8.66. The van der Waals surface area contributed by atoms with Gasteiger partial charge in [-0.1, -0.05) is 18.2 Å². The lowest BCUT2D eigenvalue weighted by Gasteiger charge is -2.32. The van der Waals surface area contributed by atoms with Gasteiger partial charge in [0.15, 0.2) is 0 Å². The van der Waals surface area contributed by atoms with Crippen LogP contribution in [0.2, 0.25) is 0 Å². The fraction of sp³-hybridized carbons (Fsp3) is 0.353. The van der Waals surface area contributed by atoms with Crippen molar-refractivity contribution in [1.29, 1.82) is 0 Å². The topological polar surface area (TPSA) is 62.3 Å². The zero-order chi connectivity index (χ0) is 16.1. The van der Waals surface area contributed by atoms with Gasteiger partial charge < -0.3 is 10.2 Å². The average Bonchev–Trinajstić information content (AvgIpc) is 3.09. The number of rotatable bonds is 5. The molecule has 2 heterocycles. The molecule has 6 heteroatoms. The Morgan fingerprint density at radius 1 is 1.35 bits per heavy atom. The number of anilines is 1. The van der Waals surface area contributed by atoms with E-state index in [2.05, 4.69) is 10.3 Å². The Morgan fingerprint density at radius 3 is 2.91 bits per heavy atom. The first-order chi connectivity index (χ1) is 11.2. The summed E-state index contributed by atoms with van der Waals surface area (Å²) in [5, 5.41) is 5.72. The van der Waals surface area contributed by atoms with Crippen LogP contribution in [0.1, 0.15) is 24.3 Å². The van der Waals surface area contributed by atoms with Crippen LogP contribution in [0.25, 0.3) is 0 Å². The van der Waals surface area contributed by atoms with Gasteiger partial charge in [-0.3, -0.25) is 9.59 Å². The summed E-state index contributed by atoms with van der Waals surface area (Å²) in [7, 11) is 0. The third-order valence-corrected chi connectivity index (χ3v) is 4.73. The molecule has 1 aliphatic rings. The second-order valence-electron chi connectivity index (χ2n) is 5.51. The van der Waals surface area contributed by atoms with Gasteiger partial charge in [-0.2, -0.15) is 0 Å². The second-order valence-corrected chi connectivity index (χ2v) is 6.49. The van der Waals surface area contributed by atoms with E-state index in [4.69, 9.17) is 0 Å². The van der Waals surface area contributed by atoms with Crippen molar-refractivity contribution in [1.82, 2.24) is 10.3 Å². The number of piperidine rings is 1. The molecule has 1 aromatic carbocycles. The molecular formula is C17H19N3O2S. The molecule has 1 atom stereocenters. The van der Waals surface area contributed by atoms with Gasteiger partial charge in [-0.05, 0) is 25.0 Å². The number of nitrogens with one attached hydrogen (secondary N) is 1. The van der Waals surface area contributed by atoms with E-state index in [1.807, 2.05) is 35.7 Å². The van der Waals surface area contributed by atoms with Crippen LogP contribution in [0.3, 0.4) is 0 Å². The van der Waals surface area contributed by atoms with Crippen molar-refractivity contribution in [2.24, 2.45) is 0 Å². The molecule has 5 nitrogen and oxygen atoms in total. The first kappa shape index (κ1) is 15.7. The van der Waals surface area contributed by atoms with Crippen molar-refractivity contribution in [2.75, 3.05) is 11.4 Å². The third kappa shape index (κ3) is 3.96. The standard InChI is InChI=1S/C17H19N3O2S/c21-15(8-9-16-18-10-12-23-16)19-14-7-4-11-20(17(14)22)13-5-2-1-3-6-13/h1-3,5-6,10,12,14H,4,7-9,11H2,(H,19,21)/t14-/m1/s1. The molecule has 0 bridgehead atoms. The summed E-state index contributed by atoms with van der Waals surface area (Å²) in [6.07, 6.45) is 4.30. The molecule has 0 aliphatic carbocycles. The summed E-state index contributed by atoms with van der Waals surface area (Å²) in [5.41, 5.74) is 0.888. The van der Waals surface area contributed by atoms with E-state index in [1.165, 1.54) is 0 Å². The molecule has 0 spiro atoms. The number of benzene rings is 1. The van der Waals surface area contributed by atoms with Crippen molar-refractivity contribution in [2.45, 2.75) is 31.7 Å². The fourth-order valence-corrected chi connectivity index (χ4v) is 3.36. The van der Waals surface area contributed by atoms with E-state index in [9.17, 15) is 9.59 Å². The number of hydrogen-bond donors (Lipinski definition) is 1. The maximum Gasteiger partial charge on any atom is 0.249 e. The maximum atomic E-state index is 12.6. The lowest BCUT2D eigenvalue weighted by molar-refractivity contribution is -0.128. The van der Waals surface area contributed by atoms with Crippen molar-refractivity contribution in [3.8, 4) is 0 Å². The predicted molar refractivity (Wildman–Crippen MR) is 90.4 cm³/mol. The number of hydrogen-bond acceptors (Lipinski definition) is 4. The van der Waals surface area contributed by atoms with Gasteiger partial charge in [-0.15, -0.1) is 11.3 Å². The monoisotopic (exact) mass is 329 g/mol. The smallest absolute Gasteiger partial charge is 0.249 e. The van der Waals surface area contributed by atoms with Crippen LogP contribution in [0.5, 0.6) is 0 Å². The average molecular weight is 329 g/mol. The minimum absolute atomic E-state index is 0.0231. The Hall–Kier alpha value is -2.21. The quantitative estimate of drug-likeness (QED) is 0.916. The van der Waals surface area contributed by atoms with Crippen LogP contribution in [-0.4, -0.2) is 29.4 Å². The molecule has 0 radical (unpaired) electrons. The zero-order valence-corrected chi connectivity index (χ0v) is 13.6. The van der Waals surface area contributed by atoms with Gasteiger partial charge in [0, 0.05) is 36.7 Å². The SMILES string of the molecule is O=C(CCc1nccs1)N[C@@H]1CCCN(c2ccccc2)C1=O. The summed E-state index contributed by atoms with van der Waals surface area (Å²) >= 11 is 1.54. The molecule has 0 unspecified atom stereocenters. The van der Waals surface area contributed by atoms with Gasteiger partial charge in [0.2, 0.25) is 11.8 Å². The normalized spacial score (nSPS) is 18.0. The van der Waals surface area contributed by atoms with E-state index in [1.54, 1.807) is 22.4 Å². The van der Waals surface area contributed by atoms with E-state index >= 15 is 0 Å². The van der Waals surface area contributed by atoms with Crippen molar-refractivity contribution < 1.29 is 9.59 Å². The van der Waals surface area contributed by atoms with E-state index in [0.717, 1.165) is 17.1 Å². The molecule has 3 rings (SSSR count). The van der Waals surface area contributed by atoms with Gasteiger partial charge in [0.05, 0.1) is 5.01 Å². The molecule has 2 aromatic rings. The Labute approximate surface area is 139 Å². The van der Waals surface area contributed by atoms with Crippen molar-refractivity contribution in [3.05, 3.63) is 46.9 Å². The van der Waals surface area contributed by atoms with Gasteiger partial charge >= 0.3 is 0 Å². The van der Waals surface area contributed by atoms with E-state index in [-0.39, 0.29) is 11.8 Å². The maximum absolute atomic E-state index is 12.6. The van der Waals surface area contributed by atoms with Crippen LogP contribution in [0, 0.1) is 0 Å². The number of para-hydroxylation sites is 1. The van der Waals surface area contributed by atoms with Crippen LogP contribution < -0.4 is 10.2 Å². The van der Waals surface area contributed by atoms with Crippen molar-refractivity contribution in [3.63, 3.8) is 0 Å². The summed E-state index contributed by atoms with van der Waals surface area (Å²) in [6, 6.07) is 9.18. The fourth-order valence-electron chi connectivity index (χ4n) is 2.74. The lowest BCUT2D eigenvalue weighted by Crippen LogP contribution is -2.52. The van der Waals surface area contributed by atoms with Gasteiger partial charge in [-0.25, -0.2) is 4.98 Å². The van der Waals surface area contributed by atoms with Crippen LogP contribution in [0.4, 0.5) is 5.69 Å². The van der Waals surface area contributed by atoms with Crippen LogP contribution in [-0.2, 0) is 16.0 Å². The van der Waals surface area contributed by atoms with Crippen LogP contribution >= 0.6 is 11.3 Å². The molecule has 1 aliphatic heterocycles. The molecule has 120 valence electrons. The van der Waals surface area contributed by atoms with Crippen LogP contribution in [0.15, 0.2) is 41.9 Å². The Kier molecular flexibility index (Phi) is 5.02. The number of amides is 2. The number of aryl methyl sites for hydroxylation is 1. The Balaban J connectivity index is 1.57. The summed E-state index contributed by atoms with van der Waals surface area (Å²) in [4.78, 5) is 30.6. The largest absolute Gasteiger partial charge is 0.344 e. The van der Waals surface area contributed by atoms with Crippen molar-refractivity contribution >= 4 is 28.8 Å². The summed E-state index contributed by atoms with van der Waals surface area (Å²) < 4.78 is 0. The summed E-state index contributed by atoms with van der Waals surface area (Å²) in [5.74, 6) is -0.112. The minimum Gasteiger partial charge on any atom is -0.344 e. The highest BCUT2D eigenvalue weighted by atomic mass is 32.1. The first-order valence-electron chi connectivity index (χ1n) is 7.78. The number of nitrogens with zero attached hydrogens (tertiary/aromatic N) is 2. The zero-order valence-electron chi connectivity index (χ0n) is 12.8. The predicted octanol–water partition coefficient (Wildman–Crippen LogP) is 2.39. The molecule has 1 aromatic heterocycles. The molecule has 2 amide bonds. The highest BCUT2D eigenvalue weighted by Gasteiger charge is 2.30.